The van der Waals surface area contributed by atoms with Crippen molar-refractivity contribution in [1.82, 2.24) is 9.88 Å². The molecule has 1 aromatic heterocycles. The van der Waals surface area contributed by atoms with Crippen LogP contribution < -0.4 is 5.32 Å². The molecule has 1 aliphatic rings. The average molecular weight is 275 g/mol. The highest BCUT2D eigenvalue weighted by Gasteiger charge is 2.28. The molecule has 0 amide bonds. The van der Waals surface area contributed by atoms with E-state index in [1.54, 1.807) is 0 Å². The minimum absolute atomic E-state index is 0.542. The molecule has 3 nitrogen and oxygen atoms in total. The largest absolute Gasteiger partial charge is 0.370 e. The molecule has 0 aromatic carbocycles. The highest BCUT2D eigenvalue weighted by molar-refractivity contribution is 5.43. The van der Waals surface area contributed by atoms with Gasteiger partial charge >= 0.3 is 0 Å². The monoisotopic (exact) mass is 275 g/mol. The highest BCUT2D eigenvalue weighted by atomic mass is 15.1. The first-order valence-corrected chi connectivity index (χ1v) is 7.90. The zero-order valence-electron chi connectivity index (χ0n) is 13.4. The molecule has 0 spiro atoms. The smallest absolute Gasteiger partial charge is 0.130 e. The lowest BCUT2D eigenvalue weighted by Gasteiger charge is -2.38. The Labute approximate surface area is 123 Å². The fourth-order valence-electron chi connectivity index (χ4n) is 3.12. The molecule has 3 heteroatoms. The van der Waals surface area contributed by atoms with Gasteiger partial charge in [-0.3, -0.25) is 4.90 Å². The summed E-state index contributed by atoms with van der Waals surface area (Å²) < 4.78 is 0. The second-order valence-electron chi connectivity index (χ2n) is 6.85. The summed E-state index contributed by atoms with van der Waals surface area (Å²) in [5.74, 6) is 1.04. The van der Waals surface area contributed by atoms with Crippen LogP contribution in [0.3, 0.4) is 0 Å². The van der Waals surface area contributed by atoms with Crippen molar-refractivity contribution in [3.8, 4) is 0 Å². The Balaban J connectivity index is 1.96. The first-order valence-electron chi connectivity index (χ1n) is 7.90. The standard InChI is InChI=1S/C17H29N3/c1-5-18-16-14(7-6-12-19-16)13-20(4)15-8-10-17(2,3)11-9-15/h6-7,12,15H,5,8-11,13H2,1-4H3,(H,18,19). The van der Waals surface area contributed by atoms with E-state index < -0.39 is 0 Å². The Morgan fingerprint density at radius 3 is 2.70 bits per heavy atom. The lowest BCUT2D eigenvalue weighted by molar-refractivity contribution is 0.123. The number of pyridine rings is 1. The minimum Gasteiger partial charge on any atom is -0.370 e. The van der Waals surface area contributed by atoms with E-state index in [4.69, 9.17) is 0 Å². The van der Waals surface area contributed by atoms with Gasteiger partial charge in [-0.2, -0.15) is 0 Å². The van der Waals surface area contributed by atoms with Crippen LogP contribution in [-0.2, 0) is 6.54 Å². The first kappa shape index (κ1) is 15.3. The van der Waals surface area contributed by atoms with Gasteiger partial charge in [0.05, 0.1) is 0 Å². The first-order chi connectivity index (χ1) is 9.52. The molecule has 1 saturated carbocycles. The molecule has 1 heterocycles. The number of aromatic nitrogens is 1. The molecule has 1 fully saturated rings. The molecule has 0 atom stereocenters. The molecule has 0 bridgehead atoms. The van der Waals surface area contributed by atoms with E-state index in [2.05, 4.69) is 49.1 Å². The van der Waals surface area contributed by atoms with Crippen LogP contribution in [0.25, 0.3) is 0 Å². The molecular weight excluding hydrogens is 246 g/mol. The van der Waals surface area contributed by atoms with Crippen LogP contribution in [0.1, 0.15) is 52.0 Å². The van der Waals surface area contributed by atoms with Crippen molar-refractivity contribution in [3.05, 3.63) is 23.9 Å². The summed E-state index contributed by atoms with van der Waals surface area (Å²) in [5.41, 5.74) is 1.85. The second kappa shape index (κ2) is 6.57. The van der Waals surface area contributed by atoms with Crippen molar-refractivity contribution in [2.75, 3.05) is 18.9 Å². The van der Waals surface area contributed by atoms with Crippen LogP contribution >= 0.6 is 0 Å². The van der Waals surface area contributed by atoms with Crippen LogP contribution in [0.15, 0.2) is 18.3 Å². The number of hydrogen-bond donors (Lipinski definition) is 1. The SMILES string of the molecule is CCNc1ncccc1CN(C)C1CCC(C)(C)CC1. The quantitative estimate of drug-likeness (QED) is 0.883. The lowest BCUT2D eigenvalue weighted by Crippen LogP contribution is -2.36. The predicted octanol–water partition coefficient (Wildman–Crippen LogP) is 3.91. The van der Waals surface area contributed by atoms with E-state index in [1.807, 2.05) is 12.3 Å². The van der Waals surface area contributed by atoms with E-state index in [1.165, 1.54) is 31.2 Å². The van der Waals surface area contributed by atoms with E-state index in [9.17, 15) is 0 Å². The van der Waals surface area contributed by atoms with Gasteiger partial charge in [0.25, 0.3) is 0 Å². The van der Waals surface area contributed by atoms with Crippen LogP contribution in [0.5, 0.6) is 0 Å². The molecule has 0 saturated heterocycles. The van der Waals surface area contributed by atoms with Gasteiger partial charge in [-0.25, -0.2) is 4.98 Å². The molecule has 112 valence electrons. The van der Waals surface area contributed by atoms with Crippen molar-refractivity contribution in [3.63, 3.8) is 0 Å². The summed E-state index contributed by atoms with van der Waals surface area (Å²) in [6.07, 6.45) is 7.19. The number of anilines is 1. The number of nitrogens with one attached hydrogen (secondary N) is 1. The second-order valence-corrected chi connectivity index (χ2v) is 6.85. The Bertz CT molecular complexity index is 418. The molecule has 2 rings (SSSR count). The van der Waals surface area contributed by atoms with Gasteiger partial charge in [0.1, 0.15) is 5.82 Å². The van der Waals surface area contributed by atoms with Crippen molar-refractivity contribution < 1.29 is 0 Å². The van der Waals surface area contributed by atoms with Crippen LogP contribution in [0.2, 0.25) is 0 Å². The van der Waals surface area contributed by atoms with E-state index in [-0.39, 0.29) is 0 Å². The molecule has 1 aliphatic carbocycles. The number of nitrogens with zero attached hydrogens (tertiary/aromatic N) is 2. The molecule has 20 heavy (non-hydrogen) atoms. The Morgan fingerprint density at radius 2 is 2.05 bits per heavy atom. The summed E-state index contributed by atoms with van der Waals surface area (Å²) >= 11 is 0. The lowest BCUT2D eigenvalue weighted by atomic mass is 9.75. The Hall–Kier alpha value is -1.09. The summed E-state index contributed by atoms with van der Waals surface area (Å²) in [6, 6.07) is 4.94. The van der Waals surface area contributed by atoms with E-state index >= 15 is 0 Å². The fraction of sp³-hybridized carbons (Fsp3) is 0.706. The van der Waals surface area contributed by atoms with Gasteiger partial charge in [-0.05, 0) is 51.1 Å². The summed E-state index contributed by atoms with van der Waals surface area (Å²) in [6.45, 7) is 8.82. The van der Waals surface area contributed by atoms with Crippen molar-refractivity contribution in [1.29, 1.82) is 0 Å². The third-order valence-electron chi connectivity index (χ3n) is 4.59. The van der Waals surface area contributed by atoms with Gasteiger partial charge in [0, 0.05) is 30.9 Å². The van der Waals surface area contributed by atoms with Crippen molar-refractivity contribution in [2.45, 2.75) is 59.0 Å². The summed E-state index contributed by atoms with van der Waals surface area (Å²) in [7, 11) is 2.26. The maximum Gasteiger partial charge on any atom is 0.130 e. The summed E-state index contributed by atoms with van der Waals surface area (Å²) in [4.78, 5) is 6.96. The molecular formula is C17H29N3. The Morgan fingerprint density at radius 1 is 1.35 bits per heavy atom. The third-order valence-corrected chi connectivity index (χ3v) is 4.59. The molecule has 0 aliphatic heterocycles. The van der Waals surface area contributed by atoms with Gasteiger partial charge in [0.2, 0.25) is 0 Å². The molecule has 0 radical (unpaired) electrons. The number of rotatable bonds is 5. The highest BCUT2D eigenvalue weighted by Crippen LogP contribution is 2.37. The minimum atomic E-state index is 0.542. The summed E-state index contributed by atoms with van der Waals surface area (Å²) in [5, 5.41) is 3.36. The molecule has 1 N–H and O–H groups in total. The number of hydrogen-bond acceptors (Lipinski definition) is 3. The van der Waals surface area contributed by atoms with Crippen LogP contribution in [0.4, 0.5) is 5.82 Å². The maximum absolute atomic E-state index is 4.45. The zero-order valence-corrected chi connectivity index (χ0v) is 13.4. The zero-order chi connectivity index (χ0) is 14.6. The van der Waals surface area contributed by atoms with Crippen LogP contribution in [-0.4, -0.2) is 29.5 Å². The third kappa shape index (κ3) is 3.95. The van der Waals surface area contributed by atoms with Gasteiger partial charge in [-0.1, -0.05) is 19.9 Å². The molecule has 1 aromatic rings. The normalized spacial score (nSPS) is 19.2. The predicted molar refractivity (Wildman–Crippen MR) is 85.9 cm³/mol. The van der Waals surface area contributed by atoms with Gasteiger partial charge < -0.3 is 5.32 Å². The Kier molecular flexibility index (Phi) is 5.03. The van der Waals surface area contributed by atoms with Gasteiger partial charge in [0.15, 0.2) is 0 Å². The van der Waals surface area contributed by atoms with E-state index in [0.717, 1.165) is 24.9 Å². The average Bonchev–Trinajstić information content (AvgIpc) is 2.41. The molecule has 0 unspecified atom stereocenters. The topological polar surface area (TPSA) is 28.2 Å². The van der Waals surface area contributed by atoms with E-state index in [0.29, 0.717) is 5.41 Å². The fourth-order valence-corrected chi connectivity index (χ4v) is 3.12. The van der Waals surface area contributed by atoms with Crippen molar-refractivity contribution >= 4 is 5.82 Å². The maximum atomic E-state index is 4.45. The van der Waals surface area contributed by atoms with Gasteiger partial charge in [-0.15, -0.1) is 0 Å². The van der Waals surface area contributed by atoms with Crippen molar-refractivity contribution in [2.24, 2.45) is 5.41 Å². The van der Waals surface area contributed by atoms with Crippen LogP contribution in [0, 0.1) is 5.41 Å².